The van der Waals surface area contributed by atoms with Crippen LogP contribution in [0.1, 0.15) is 105 Å². The molecule has 0 heterocycles. The molecule has 33 heavy (non-hydrogen) atoms. The normalized spacial score (nSPS) is 14.7. The molecule has 1 aromatic rings. The van der Waals surface area contributed by atoms with Crippen molar-refractivity contribution in [2.24, 2.45) is 10.7 Å². The van der Waals surface area contributed by atoms with E-state index in [1.54, 1.807) is 6.20 Å². The maximum Gasteiger partial charge on any atom is 0.305 e. The van der Waals surface area contributed by atoms with E-state index in [0.717, 1.165) is 42.4 Å². The van der Waals surface area contributed by atoms with Crippen molar-refractivity contribution in [2.45, 2.75) is 90.0 Å². The molecule has 5 heteroatoms. The number of allylic oxidation sites excluding steroid dienone is 2. The SMILES string of the molecule is CCCCCCC/C=C/c1cc(/C(C=NC2CCC2)=C/N)ccc1C(=O)CCCC(=O)OC. The van der Waals surface area contributed by atoms with Gasteiger partial charge in [-0.3, -0.25) is 14.6 Å². The fourth-order valence-electron chi connectivity index (χ4n) is 3.78. The van der Waals surface area contributed by atoms with E-state index >= 15 is 0 Å². The molecule has 0 amide bonds. The molecule has 2 N–H and O–H groups in total. The average Bonchev–Trinajstić information content (AvgIpc) is 2.79. The lowest BCUT2D eigenvalue weighted by Gasteiger charge is -2.20. The van der Waals surface area contributed by atoms with Gasteiger partial charge in [0.1, 0.15) is 0 Å². The zero-order valence-corrected chi connectivity index (χ0v) is 20.4. The molecule has 2 rings (SSSR count). The summed E-state index contributed by atoms with van der Waals surface area (Å²) in [6.45, 7) is 2.22. The molecule has 0 radical (unpaired) electrons. The van der Waals surface area contributed by atoms with Crippen LogP contribution in [0.15, 0.2) is 35.5 Å². The number of carbonyl (C=O) groups is 2. The van der Waals surface area contributed by atoms with Gasteiger partial charge in [-0.05, 0) is 55.7 Å². The predicted molar refractivity (Wildman–Crippen MR) is 137 cm³/mol. The van der Waals surface area contributed by atoms with Crippen molar-refractivity contribution in [3.8, 4) is 0 Å². The van der Waals surface area contributed by atoms with E-state index < -0.39 is 0 Å². The summed E-state index contributed by atoms with van der Waals surface area (Å²) in [6.07, 6.45) is 19.4. The number of ketones is 1. The Kier molecular flexibility index (Phi) is 12.2. The number of esters is 1. The molecule has 1 aliphatic rings. The highest BCUT2D eigenvalue weighted by Crippen LogP contribution is 2.24. The molecule has 1 aliphatic carbocycles. The molecule has 1 saturated carbocycles. The number of Topliss-reactive ketones (excluding diaryl/α,β-unsaturated/α-hetero) is 1. The molecule has 0 bridgehead atoms. The van der Waals surface area contributed by atoms with Crippen LogP contribution < -0.4 is 5.73 Å². The minimum Gasteiger partial charge on any atom is -0.469 e. The number of unbranched alkanes of at least 4 members (excludes halogenated alkanes) is 5. The van der Waals surface area contributed by atoms with E-state index in [9.17, 15) is 9.59 Å². The van der Waals surface area contributed by atoms with E-state index in [1.165, 1.54) is 39.2 Å². The number of hydrogen-bond donors (Lipinski definition) is 1. The molecular formula is C28H40N2O3. The van der Waals surface area contributed by atoms with E-state index in [1.807, 2.05) is 30.5 Å². The van der Waals surface area contributed by atoms with Crippen LogP contribution in [0.25, 0.3) is 11.6 Å². The van der Waals surface area contributed by atoms with Gasteiger partial charge in [-0.1, -0.05) is 56.9 Å². The maximum atomic E-state index is 12.9. The van der Waals surface area contributed by atoms with Crippen LogP contribution in [0.3, 0.4) is 0 Å². The smallest absolute Gasteiger partial charge is 0.305 e. The van der Waals surface area contributed by atoms with E-state index in [-0.39, 0.29) is 18.2 Å². The number of nitrogens with two attached hydrogens (primary N) is 1. The summed E-state index contributed by atoms with van der Waals surface area (Å²) in [4.78, 5) is 28.9. The summed E-state index contributed by atoms with van der Waals surface area (Å²) < 4.78 is 4.68. The standard InChI is InChI=1S/C28H40N2O3/c1-3-4-5-6-7-8-9-12-23-19-22(24(20-29)21-30-25-13-10-14-25)17-18-26(23)27(31)15-11-16-28(32)33-2/h9,12,17-21,25H,3-8,10-11,13-16,29H2,1-2H3/b12-9+,24-20+,30-21?. The van der Waals surface area contributed by atoms with Gasteiger partial charge in [-0.15, -0.1) is 0 Å². The minimum absolute atomic E-state index is 0.0365. The van der Waals surface area contributed by atoms with Crippen molar-refractivity contribution in [1.82, 2.24) is 0 Å². The van der Waals surface area contributed by atoms with Crippen molar-refractivity contribution in [3.05, 3.63) is 47.2 Å². The lowest BCUT2D eigenvalue weighted by atomic mass is 9.93. The first-order valence-corrected chi connectivity index (χ1v) is 12.4. The van der Waals surface area contributed by atoms with Gasteiger partial charge in [0, 0.05) is 42.4 Å². The fraction of sp³-hybridized carbons (Fsp3) is 0.536. The van der Waals surface area contributed by atoms with Gasteiger partial charge in [0.2, 0.25) is 0 Å². The molecular weight excluding hydrogens is 412 g/mol. The maximum absolute atomic E-state index is 12.9. The summed E-state index contributed by atoms with van der Waals surface area (Å²) in [5.74, 6) is -0.251. The Bertz CT molecular complexity index is 851. The average molecular weight is 453 g/mol. The second kappa shape index (κ2) is 15.2. The molecule has 180 valence electrons. The predicted octanol–water partition coefficient (Wildman–Crippen LogP) is 6.51. The summed E-state index contributed by atoms with van der Waals surface area (Å²) in [7, 11) is 1.37. The van der Waals surface area contributed by atoms with Crippen molar-refractivity contribution < 1.29 is 14.3 Å². The van der Waals surface area contributed by atoms with Gasteiger partial charge in [0.15, 0.2) is 5.78 Å². The molecule has 5 nitrogen and oxygen atoms in total. The van der Waals surface area contributed by atoms with Crippen LogP contribution in [0.2, 0.25) is 0 Å². The first-order chi connectivity index (χ1) is 16.1. The van der Waals surface area contributed by atoms with Crippen LogP contribution in [0, 0.1) is 0 Å². The van der Waals surface area contributed by atoms with Gasteiger partial charge < -0.3 is 10.5 Å². The Morgan fingerprint density at radius 2 is 1.91 bits per heavy atom. The summed E-state index contributed by atoms with van der Waals surface area (Å²) in [5, 5.41) is 0. The highest BCUT2D eigenvalue weighted by atomic mass is 16.5. The molecule has 0 saturated heterocycles. The molecule has 0 spiro atoms. The molecule has 0 unspecified atom stereocenters. The number of carbonyl (C=O) groups excluding carboxylic acids is 2. The van der Waals surface area contributed by atoms with Crippen LogP contribution in [-0.4, -0.2) is 31.1 Å². The molecule has 0 atom stereocenters. The Labute approximate surface area is 199 Å². The van der Waals surface area contributed by atoms with E-state index in [2.05, 4.69) is 22.7 Å². The van der Waals surface area contributed by atoms with Crippen LogP contribution in [-0.2, 0) is 9.53 Å². The van der Waals surface area contributed by atoms with Gasteiger partial charge in [-0.2, -0.15) is 0 Å². The number of rotatable bonds is 15. The molecule has 1 fully saturated rings. The zero-order chi connectivity index (χ0) is 23.9. The second-order valence-electron chi connectivity index (χ2n) is 8.75. The van der Waals surface area contributed by atoms with Gasteiger partial charge in [-0.25, -0.2) is 0 Å². The van der Waals surface area contributed by atoms with E-state index in [0.29, 0.717) is 24.4 Å². The number of hydrogen-bond acceptors (Lipinski definition) is 5. The molecule has 0 aromatic heterocycles. The second-order valence-corrected chi connectivity index (χ2v) is 8.75. The number of nitrogens with zero attached hydrogens (tertiary/aromatic N) is 1. The zero-order valence-electron chi connectivity index (χ0n) is 20.4. The topological polar surface area (TPSA) is 81.8 Å². The Hall–Kier alpha value is -2.69. The monoisotopic (exact) mass is 452 g/mol. The Morgan fingerprint density at radius 3 is 2.58 bits per heavy atom. The lowest BCUT2D eigenvalue weighted by molar-refractivity contribution is -0.140. The number of benzene rings is 1. The minimum atomic E-state index is -0.287. The first kappa shape index (κ1) is 26.6. The third-order valence-electron chi connectivity index (χ3n) is 6.15. The molecule has 0 aliphatic heterocycles. The van der Waals surface area contributed by atoms with Crippen LogP contribution in [0.4, 0.5) is 0 Å². The van der Waals surface area contributed by atoms with Crippen molar-refractivity contribution >= 4 is 29.6 Å². The van der Waals surface area contributed by atoms with Crippen LogP contribution in [0.5, 0.6) is 0 Å². The van der Waals surface area contributed by atoms with Crippen molar-refractivity contribution in [3.63, 3.8) is 0 Å². The first-order valence-electron chi connectivity index (χ1n) is 12.4. The Balaban J connectivity index is 2.14. The van der Waals surface area contributed by atoms with Crippen LogP contribution >= 0.6 is 0 Å². The third-order valence-corrected chi connectivity index (χ3v) is 6.15. The Morgan fingerprint density at radius 1 is 1.12 bits per heavy atom. The highest BCUT2D eigenvalue weighted by Gasteiger charge is 2.16. The lowest BCUT2D eigenvalue weighted by Crippen LogP contribution is -2.14. The van der Waals surface area contributed by atoms with E-state index in [4.69, 9.17) is 5.73 Å². The quantitative estimate of drug-likeness (QED) is 0.142. The van der Waals surface area contributed by atoms with Crippen molar-refractivity contribution in [2.75, 3.05) is 7.11 Å². The summed E-state index contributed by atoms with van der Waals surface area (Å²) >= 11 is 0. The number of ether oxygens (including phenoxy) is 1. The third kappa shape index (κ3) is 9.37. The largest absolute Gasteiger partial charge is 0.469 e. The number of methoxy groups -OCH3 is 1. The van der Waals surface area contributed by atoms with Gasteiger partial charge in [0.25, 0.3) is 0 Å². The van der Waals surface area contributed by atoms with Crippen molar-refractivity contribution in [1.29, 1.82) is 0 Å². The molecule has 1 aromatic carbocycles. The summed E-state index contributed by atoms with van der Waals surface area (Å²) in [5.41, 5.74) is 9.29. The highest BCUT2D eigenvalue weighted by molar-refractivity contribution is 6.10. The number of aliphatic imine (C=N–C) groups is 1. The van der Waals surface area contributed by atoms with Gasteiger partial charge >= 0.3 is 5.97 Å². The van der Waals surface area contributed by atoms with Gasteiger partial charge in [0.05, 0.1) is 7.11 Å². The summed E-state index contributed by atoms with van der Waals surface area (Å²) in [6, 6.07) is 6.23. The fourth-order valence-corrected chi connectivity index (χ4v) is 3.78.